The van der Waals surface area contributed by atoms with Crippen LogP contribution in [0.2, 0.25) is 0 Å². The molecular formula is C23H25F2N3O4S. The molecule has 1 amide bonds. The van der Waals surface area contributed by atoms with Crippen LogP contribution in [-0.2, 0) is 4.74 Å². The number of alkyl halides is 2. The largest absolute Gasteiger partial charge is 0.465 e. The summed E-state index contributed by atoms with van der Waals surface area (Å²) in [6.07, 6.45) is 3.01. The zero-order valence-electron chi connectivity index (χ0n) is 18.3. The number of aliphatic hydroxyl groups is 1. The molecule has 176 valence electrons. The summed E-state index contributed by atoms with van der Waals surface area (Å²) < 4.78 is 31.5. The molecule has 1 aromatic carbocycles. The van der Waals surface area contributed by atoms with Crippen molar-refractivity contribution < 1.29 is 28.2 Å². The number of anilines is 1. The van der Waals surface area contributed by atoms with Crippen LogP contribution in [0.5, 0.6) is 0 Å². The third-order valence-electron chi connectivity index (χ3n) is 5.38. The highest BCUT2D eigenvalue weighted by molar-refractivity contribution is 7.18. The summed E-state index contributed by atoms with van der Waals surface area (Å²) in [6, 6.07) is 7.11. The minimum Gasteiger partial charge on any atom is -0.465 e. The number of nitrogens with one attached hydrogen (secondary N) is 1. The van der Waals surface area contributed by atoms with E-state index in [1.54, 1.807) is 23.5 Å². The van der Waals surface area contributed by atoms with Crippen LogP contribution >= 0.6 is 11.3 Å². The number of ether oxygens (including phenoxy) is 1. The van der Waals surface area contributed by atoms with Crippen molar-refractivity contribution in [2.24, 2.45) is 0 Å². The zero-order valence-corrected chi connectivity index (χ0v) is 19.1. The first-order valence-electron chi connectivity index (χ1n) is 10.5. The maximum Gasteiger partial charge on any atom is 0.340 e. The Labute approximate surface area is 193 Å². The number of carbonyl (C=O) groups excluding carboxylic acids is 2. The minimum atomic E-state index is -2.79. The first kappa shape index (κ1) is 24.7. The van der Waals surface area contributed by atoms with E-state index >= 15 is 0 Å². The second-order valence-corrected chi connectivity index (χ2v) is 8.51. The topological polar surface area (TPSA) is 101 Å². The van der Waals surface area contributed by atoms with Gasteiger partial charge in [0.25, 0.3) is 12.3 Å². The molecule has 4 rings (SSSR count). The van der Waals surface area contributed by atoms with E-state index in [9.17, 15) is 18.4 Å². The van der Waals surface area contributed by atoms with Crippen molar-refractivity contribution in [1.29, 1.82) is 0 Å². The fourth-order valence-corrected chi connectivity index (χ4v) is 4.94. The number of aliphatic hydroxyl groups excluding tert-OH is 1. The summed E-state index contributed by atoms with van der Waals surface area (Å²) >= 11 is 1.55. The molecule has 1 saturated carbocycles. The standard InChI is InChI=1S/C22H21F2N3O3S.CH4O/c1-30-22(29)13-10-17-18(31-21(27-17)12-6-3-2-4-7-12)11-16(13)26-20(28)15-9-5-8-14(25-15)19(23)24;1-2/h5,8-12,19H,2-4,6-7H2,1H3,(H,26,28);2H,1H3. The lowest BCUT2D eigenvalue weighted by atomic mass is 9.90. The van der Waals surface area contributed by atoms with Crippen LogP contribution in [0, 0.1) is 0 Å². The van der Waals surface area contributed by atoms with E-state index in [1.165, 1.54) is 38.5 Å². The lowest BCUT2D eigenvalue weighted by molar-refractivity contribution is 0.0602. The monoisotopic (exact) mass is 477 g/mol. The van der Waals surface area contributed by atoms with Gasteiger partial charge in [-0.1, -0.05) is 25.3 Å². The summed E-state index contributed by atoms with van der Waals surface area (Å²) in [5.74, 6) is -0.908. The average Bonchev–Trinajstić information content (AvgIpc) is 3.28. The van der Waals surface area contributed by atoms with E-state index in [4.69, 9.17) is 14.8 Å². The molecule has 2 heterocycles. The molecule has 1 aliphatic rings. The Morgan fingerprint density at radius 3 is 2.55 bits per heavy atom. The van der Waals surface area contributed by atoms with E-state index in [-0.39, 0.29) is 16.9 Å². The molecule has 3 aromatic rings. The summed E-state index contributed by atoms with van der Waals surface area (Å²) in [5.41, 5.74) is 0.389. The fraction of sp³-hybridized carbons (Fsp3) is 0.391. The van der Waals surface area contributed by atoms with Crippen LogP contribution in [-0.4, -0.2) is 41.2 Å². The van der Waals surface area contributed by atoms with Gasteiger partial charge in [-0.3, -0.25) is 4.79 Å². The van der Waals surface area contributed by atoms with Crippen molar-refractivity contribution in [3.63, 3.8) is 0 Å². The Morgan fingerprint density at radius 1 is 1.15 bits per heavy atom. The summed E-state index contributed by atoms with van der Waals surface area (Å²) in [5, 5.41) is 10.6. The molecule has 0 atom stereocenters. The molecule has 0 aliphatic heterocycles. The van der Waals surface area contributed by atoms with Gasteiger partial charge in [0.05, 0.1) is 33.6 Å². The summed E-state index contributed by atoms with van der Waals surface area (Å²) in [4.78, 5) is 33.4. The van der Waals surface area contributed by atoms with Gasteiger partial charge in [0, 0.05) is 13.0 Å². The Balaban J connectivity index is 0.00000149. The van der Waals surface area contributed by atoms with Crippen LogP contribution < -0.4 is 5.32 Å². The van der Waals surface area contributed by atoms with Crippen molar-refractivity contribution in [2.45, 2.75) is 44.4 Å². The van der Waals surface area contributed by atoms with Crippen molar-refractivity contribution in [3.8, 4) is 0 Å². The molecule has 7 nitrogen and oxygen atoms in total. The molecule has 2 N–H and O–H groups in total. The number of pyridine rings is 1. The summed E-state index contributed by atoms with van der Waals surface area (Å²) in [6.45, 7) is 0. The molecule has 0 unspecified atom stereocenters. The molecular weight excluding hydrogens is 452 g/mol. The van der Waals surface area contributed by atoms with Crippen LogP contribution in [0.1, 0.15) is 76.0 Å². The molecule has 0 radical (unpaired) electrons. The third kappa shape index (κ3) is 5.69. The predicted molar refractivity (Wildman–Crippen MR) is 122 cm³/mol. The number of carbonyl (C=O) groups is 2. The number of hydrogen-bond acceptors (Lipinski definition) is 7. The Morgan fingerprint density at radius 2 is 1.88 bits per heavy atom. The second-order valence-electron chi connectivity index (χ2n) is 7.45. The molecule has 1 aliphatic carbocycles. The van der Waals surface area contributed by atoms with Crippen molar-refractivity contribution >= 4 is 39.1 Å². The van der Waals surface area contributed by atoms with Crippen LogP contribution in [0.4, 0.5) is 14.5 Å². The lowest BCUT2D eigenvalue weighted by Crippen LogP contribution is -2.17. The Bertz CT molecular complexity index is 1130. The van der Waals surface area contributed by atoms with Crippen molar-refractivity contribution in [1.82, 2.24) is 9.97 Å². The van der Waals surface area contributed by atoms with Gasteiger partial charge in [-0.2, -0.15) is 0 Å². The molecule has 0 saturated heterocycles. The third-order valence-corrected chi connectivity index (χ3v) is 6.56. The molecule has 0 bridgehead atoms. The maximum atomic E-state index is 12.9. The number of amides is 1. The Kier molecular flexibility index (Phi) is 8.40. The number of benzene rings is 1. The van der Waals surface area contributed by atoms with Gasteiger partial charge < -0.3 is 15.2 Å². The number of nitrogens with zero attached hydrogens (tertiary/aromatic N) is 2. The van der Waals surface area contributed by atoms with Gasteiger partial charge in [0.15, 0.2) is 0 Å². The number of esters is 1. The zero-order chi connectivity index (χ0) is 24.0. The van der Waals surface area contributed by atoms with E-state index in [0.717, 1.165) is 35.7 Å². The predicted octanol–water partition coefficient (Wildman–Crippen LogP) is 5.32. The number of thiazole rings is 1. The van der Waals surface area contributed by atoms with Gasteiger partial charge in [0.2, 0.25) is 0 Å². The second kappa shape index (κ2) is 11.2. The van der Waals surface area contributed by atoms with Gasteiger partial charge >= 0.3 is 5.97 Å². The SMILES string of the molecule is CO.COC(=O)c1cc2nc(C3CCCCC3)sc2cc1NC(=O)c1cccc(C(F)F)n1. The van der Waals surface area contributed by atoms with E-state index in [1.807, 2.05) is 0 Å². The van der Waals surface area contributed by atoms with Gasteiger partial charge in [0.1, 0.15) is 11.4 Å². The maximum absolute atomic E-state index is 12.9. The van der Waals surface area contributed by atoms with E-state index in [0.29, 0.717) is 11.4 Å². The average molecular weight is 478 g/mol. The highest BCUT2D eigenvalue weighted by atomic mass is 32.1. The molecule has 33 heavy (non-hydrogen) atoms. The molecule has 2 aromatic heterocycles. The highest BCUT2D eigenvalue weighted by Crippen LogP contribution is 2.38. The van der Waals surface area contributed by atoms with E-state index < -0.39 is 24.0 Å². The minimum absolute atomic E-state index is 0.147. The smallest absolute Gasteiger partial charge is 0.340 e. The number of fused-ring (bicyclic) bond motifs is 1. The van der Waals surface area contributed by atoms with Gasteiger partial charge in [-0.05, 0) is 37.1 Å². The first-order chi connectivity index (χ1) is 16.0. The number of halogens is 2. The van der Waals surface area contributed by atoms with E-state index in [2.05, 4.69) is 10.3 Å². The summed E-state index contributed by atoms with van der Waals surface area (Å²) in [7, 11) is 2.25. The number of rotatable bonds is 5. The van der Waals surface area contributed by atoms with Crippen LogP contribution in [0.3, 0.4) is 0 Å². The lowest BCUT2D eigenvalue weighted by Gasteiger charge is -2.18. The molecule has 1 fully saturated rings. The number of methoxy groups -OCH3 is 1. The normalized spacial score (nSPS) is 14.0. The number of hydrogen-bond donors (Lipinski definition) is 2. The van der Waals surface area contributed by atoms with Crippen molar-refractivity contribution in [2.75, 3.05) is 19.5 Å². The van der Waals surface area contributed by atoms with Crippen LogP contribution in [0.25, 0.3) is 10.2 Å². The van der Waals surface area contributed by atoms with Gasteiger partial charge in [-0.25, -0.2) is 23.5 Å². The fourth-order valence-electron chi connectivity index (χ4n) is 3.78. The number of aromatic nitrogens is 2. The molecule has 0 spiro atoms. The van der Waals surface area contributed by atoms with Crippen molar-refractivity contribution in [3.05, 3.63) is 52.3 Å². The quantitative estimate of drug-likeness (QED) is 0.482. The highest BCUT2D eigenvalue weighted by Gasteiger charge is 2.23. The van der Waals surface area contributed by atoms with Gasteiger partial charge in [-0.15, -0.1) is 11.3 Å². The first-order valence-corrected chi connectivity index (χ1v) is 11.3. The van der Waals surface area contributed by atoms with Crippen LogP contribution in [0.15, 0.2) is 30.3 Å². The Hall–Kier alpha value is -2.98. The molecule has 10 heteroatoms.